The summed E-state index contributed by atoms with van der Waals surface area (Å²) in [5.74, 6) is -0.695. The summed E-state index contributed by atoms with van der Waals surface area (Å²) in [6, 6.07) is 7.72. The fraction of sp³-hybridized carbons (Fsp3) is 0.462. The zero-order valence-corrected chi connectivity index (χ0v) is 9.35. The van der Waals surface area contributed by atoms with Crippen LogP contribution < -0.4 is 0 Å². The molecule has 86 valence electrons. The number of esters is 1. The van der Waals surface area contributed by atoms with Gasteiger partial charge in [0.15, 0.2) is 0 Å². The van der Waals surface area contributed by atoms with E-state index in [1.165, 1.54) is 0 Å². The van der Waals surface area contributed by atoms with Crippen LogP contribution in [0.4, 0.5) is 0 Å². The topological polar surface area (TPSA) is 46.5 Å². The second-order valence-corrected chi connectivity index (χ2v) is 4.04. The van der Waals surface area contributed by atoms with E-state index < -0.39 is 12.0 Å². The summed E-state index contributed by atoms with van der Waals surface area (Å²) in [4.78, 5) is 11.6. The number of ether oxygens (including phenoxy) is 1. The lowest BCUT2D eigenvalue weighted by molar-refractivity contribution is -0.153. The molecule has 0 heterocycles. The van der Waals surface area contributed by atoms with Crippen molar-refractivity contribution in [1.82, 2.24) is 0 Å². The molecule has 0 aromatic heterocycles. The van der Waals surface area contributed by atoms with Crippen molar-refractivity contribution >= 4 is 5.97 Å². The number of rotatable bonds is 2. The first kappa shape index (κ1) is 11.1. The van der Waals surface area contributed by atoms with Gasteiger partial charge in [-0.25, -0.2) is 0 Å². The van der Waals surface area contributed by atoms with E-state index in [-0.39, 0.29) is 5.97 Å². The van der Waals surface area contributed by atoms with Crippen LogP contribution in [0.5, 0.6) is 0 Å². The lowest BCUT2D eigenvalue weighted by atomic mass is 9.81. The summed E-state index contributed by atoms with van der Waals surface area (Å²) in [6.45, 7) is 2.14. The number of aryl methyl sites for hydroxylation is 1. The van der Waals surface area contributed by atoms with Crippen LogP contribution >= 0.6 is 0 Å². The molecule has 0 amide bonds. The van der Waals surface area contributed by atoms with E-state index in [0.717, 1.165) is 17.5 Å². The SMILES string of the molecule is CCOC(=O)[C@@H]1CCc2ccccc2[C@@H]1O. The fourth-order valence-corrected chi connectivity index (χ4v) is 2.23. The first-order valence-corrected chi connectivity index (χ1v) is 5.66. The Hall–Kier alpha value is -1.35. The summed E-state index contributed by atoms with van der Waals surface area (Å²) in [5.41, 5.74) is 2.00. The zero-order chi connectivity index (χ0) is 11.5. The number of hydrogen-bond acceptors (Lipinski definition) is 3. The average Bonchev–Trinajstić information content (AvgIpc) is 2.30. The monoisotopic (exact) mass is 220 g/mol. The molecule has 1 aliphatic carbocycles. The molecule has 0 spiro atoms. The number of carbonyl (C=O) groups excluding carboxylic acids is 1. The molecule has 0 saturated carbocycles. The van der Waals surface area contributed by atoms with Gasteiger partial charge in [0.1, 0.15) is 0 Å². The lowest BCUT2D eigenvalue weighted by Crippen LogP contribution is -2.29. The Bertz CT molecular complexity index is 387. The molecular weight excluding hydrogens is 204 g/mol. The molecule has 1 aromatic carbocycles. The molecule has 0 aliphatic heterocycles. The van der Waals surface area contributed by atoms with E-state index in [4.69, 9.17) is 4.74 Å². The standard InChI is InChI=1S/C13H16O3/c1-2-16-13(15)11-8-7-9-5-3-4-6-10(9)12(11)14/h3-6,11-12,14H,2,7-8H2,1H3/t11-,12+/m1/s1. The van der Waals surface area contributed by atoms with Gasteiger partial charge in [0.2, 0.25) is 0 Å². The number of benzene rings is 1. The van der Waals surface area contributed by atoms with E-state index in [9.17, 15) is 9.90 Å². The van der Waals surface area contributed by atoms with Crippen molar-refractivity contribution in [3.05, 3.63) is 35.4 Å². The molecule has 2 atom stereocenters. The van der Waals surface area contributed by atoms with Crippen LogP contribution in [0.2, 0.25) is 0 Å². The van der Waals surface area contributed by atoms with Crippen LogP contribution in [0.15, 0.2) is 24.3 Å². The number of aliphatic hydroxyl groups excluding tert-OH is 1. The summed E-state index contributed by atoms with van der Waals surface area (Å²) in [6.07, 6.45) is 0.775. The number of hydrogen-bond donors (Lipinski definition) is 1. The van der Waals surface area contributed by atoms with Crippen molar-refractivity contribution in [2.75, 3.05) is 6.61 Å². The second-order valence-electron chi connectivity index (χ2n) is 4.04. The molecule has 2 rings (SSSR count). The summed E-state index contributed by atoms with van der Waals surface area (Å²) < 4.78 is 4.97. The van der Waals surface area contributed by atoms with Gasteiger partial charge in [-0.15, -0.1) is 0 Å². The minimum absolute atomic E-state index is 0.287. The highest BCUT2D eigenvalue weighted by Crippen LogP contribution is 2.34. The number of carbonyl (C=O) groups is 1. The van der Waals surface area contributed by atoms with Crippen LogP contribution in [0, 0.1) is 5.92 Å². The third kappa shape index (κ3) is 1.95. The largest absolute Gasteiger partial charge is 0.466 e. The molecule has 0 unspecified atom stereocenters. The normalized spacial score (nSPS) is 23.6. The number of aliphatic hydroxyl groups is 1. The molecule has 0 saturated heterocycles. The smallest absolute Gasteiger partial charge is 0.311 e. The van der Waals surface area contributed by atoms with Gasteiger partial charge in [0.05, 0.1) is 18.6 Å². The van der Waals surface area contributed by atoms with E-state index in [1.807, 2.05) is 24.3 Å². The van der Waals surface area contributed by atoms with Gasteiger partial charge in [0.25, 0.3) is 0 Å². The van der Waals surface area contributed by atoms with E-state index in [2.05, 4.69) is 0 Å². The van der Waals surface area contributed by atoms with Crippen molar-refractivity contribution in [2.24, 2.45) is 5.92 Å². The van der Waals surface area contributed by atoms with Gasteiger partial charge in [-0.05, 0) is 30.9 Å². The summed E-state index contributed by atoms with van der Waals surface area (Å²) in [7, 11) is 0. The minimum Gasteiger partial charge on any atom is -0.466 e. The highest BCUT2D eigenvalue weighted by molar-refractivity contribution is 5.74. The molecule has 0 bridgehead atoms. The minimum atomic E-state index is -0.719. The van der Waals surface area contributed by atoms with Crippen molar-refractivity contribution in [2.45, 2.75) is 25.9 Å². The maximum absolute atomic E-state index is 11.6. The van der Waals surface area contributed by atoms with Crippen molar-refractivity contribution in [1.29, 1.82) is 0 Å². The van der Waals surface area contributed by atoms with Crippen molar-refractivity contribution < 1.29 is 14.6 Å². The Morgan fingerprint density at radius 3 is 3.00 bits per heavy atom. The Morgan fingerprint density at radius 1 is 1.50 bits per heavy atom. The van der Waals surface area contributed by atoms with Crippen LogP contribution in [0.1, 0.15) is 30.6 Å². The predicted octanol–water partition coefficient (Wildman–Crippen LogP) is 1.85. The highest BCUT2D eigenvalue weighted by Gasteiger charge is 2.33. The van der Waals surface area contributed by atoms with E-state index in [0.29, 0.717) is 13.0 Å². The van der Waals surface area contributed by atoms with E-state index >= 15 is 0 Å². The van der Waals surface area contributed by atoms with Crippen LogP contribution in [0.25, 0.3) is 0 Å². The molecule has 1 N–H and O–H groups in total. The van der Waals surface area contributed by atoms with E-state index in [1.54, 1.807) is 6.92 Å². The predicted molar refractivity (Wildman–Crippen MR) is 59.8 cm³/mol. The molecular formula is C13H16O3. The third-order valence-corrected chi connectivity index (χ3v) is 3.07. The van der Waals surface area contributed by atoms with Crippen LogP contribution in [0.3, 0.4) is 0 Å². The first-order valence-electron chi connectivity index (χ1n) is 5.66. The highest BCUT2D eigenvalue weighted by atomic mass is 16.5. The Labute approximate surface area is 95.0 Å². The molecule has 3 nitrogen and oxygen atoms in total. The first-order chi connectivity index (χ1) is 7.74. The Kier molecular flexibility index (Phi) is 3.25. The molecule has 3 heteroatoms. The second kappa shape index (κ2) is 4.66. The summed E-state index contributed by atoms with van der Waals surface area (Å²) in [5, 5.41) is 10.1. The van der Waals surface area contributed by atoms with Crippen LogP contribution in [-0.2, 0) is 16.0 Å². The average molecular weight is 220 g/mol. The van der Waals surface area contributed by atoms with Crippen LogP contribution in [-0.4, -0.2) is 17.7 Å². The van der Waals surface area contributed by atoms with Crippen molar-refractivity contribution in [3.8, 4) is 0 Å². The molecule has 0 fully saturated rings. The van der Waals surface area contributed by atoms with Gasteiger partial charge < -0.3 is 9.84 Å². The molecule has 1 aliphatic rings. The molecule has 1 aromatic rings. The zero-order valence-electron chi connectivity index (χ0n) is 9.35. The van der Waals surface area contributed by atoms with Gasteiger partial charge in [0, 0.05) is 0 Å². The number of fused-ring (bicyclic) bond motifs is 1. The fourth-order valence-electron chi connectivity index (χ4n) is 2.23. The van der Waals surface area contributed by atoms with Gasteiger partial charge in [-0.1, -0.05) is 24.3 Å². The maximum atomic E-state index is 11.6. The quantitative estimate of drug-likeness (QED) is 0.774. The third-order valence-electron chi connectivity index (χ3n) is 3.07. The van der Waals surface area contributed by atoms with Gasteiger partial charge in [-0.2, -0.15) is 0 Å². The maximum Gasteiger partial charge on any atom is 0.311 e. The molecule has 16 heavy (non-hydrogen) atoms. The Morgan fingerprint density at radius 2 is 2.25 bits per heavy atom. The van der Waals surface area contributed by atoms with Gasteiger partial charge in [-0.3, -0.25) is 4.79 Å². The summed E-state index contributed by atoms with van der Waals surface area (Å²) >= 11 is 0. The lowest BCUT2D eigenvalue weighted by Gasteiger charge is -2.28. The molecule has 0 radical (unpaired) electrons. The Balaban J connectivity index is 2.21. The van der Waals surface area contributed by atoms with Gasteiger partial charge >= 0.3 is 5.97 Å². The van der Waals surface area contributed by atoms with Crippen molar-refractivity contribution in [3.63, 3.8) is 0 Å².